The van der Waals surface area contributed by atoms with Gasteiger partial charge < -0.3 is 4.57 Å². The average molecular weight is 477 g/mol. The predicted molar refractivity (Wildman–Crippen MR) is 137 cm³/mol. The molecular formula is C27H20N6OS. The van der Waals surface area contributed by atoms with Gasteiger partial charge >= 0.3 is 0 Å². The van der Waals surface area contributed by atoms with Crippen molar-refractivity contribution in [1.29, 1.82) is 5.41 Å². The Morgan fingerprint density at radius 3 is 2.37 bits per heavy atom. The first-order valence-electron chi connectivity index (χ1n) is 11.1. The Hall–Kier alpha value is -4.43. The van der Waals surface area contributed by atoms with Gasteiger partial charge in [0.25, 0.3) is 0 Å². The lowest BCUT2D eigenvalue weighted by Crippen LogP contribution is -2.26. The van der Waals surface area contributed by atoms with Crippen molar-refractivity contribution in [2.45, 2.75) is 6.92 Å². The fourth-order valence-corrected chi connectivity index (χ4v) is 5.09. The number of carbonyl (C=O) groups excluding carboxylic acids is 1. The van der Waals surface area contributed by atoms with E-state index < -0.39 is 0 Å². The maximum absolute atomic E-state index is 13.7. The van der Waals surface area contributed by atoms with Crippen LogP contribution in [0.4, 0.5) is 0 Å². The third-order valence-corrected chi connectivity index (χ3v) is 7.05. The van der Waals surface area contributed by atoms with Crippen LogP contribution in [-0.4, -0.2) is 30.1 Å². The number of hydrogen-bond donors (Lipinski definition) is 1. The van der Waals surface area contributed by atoms with Crippen molar-refractivity contribution in [2.75, 3.05) is 0 Å². The van der Waals surface area contributed by atoms with Gasteiger partial charge in [-0.1, -0.05) is 42.0 Å². The molecule has 6 rings (SSSR count). The van der Waals surface area contributed by atoms with E-state index in [1.807, 2.05) is 86.8 Å². The topological polar surface area (TPSA) is 89.4 Å². The number of aryl methyl sites for hydroxylation is 2. The molecule has 8 heteroatoms. The number of carbonyl (C=O) groups is 1. The number of nitrogens with one attached hydrogen (secondary N) is 1. The van der Waals surface area contributed by atoms with E-state index in [1.165, 1.54) is 16.0 Å². The van der Waals surface area contributed by atoms with Crippen molar-refractivity contribution >= 4 is 38.4 Å². The van der Waals surface area contributed by atoms with E-state index in [0.717, 1.165) is 26.8 Å². The number of nitrogens with zero attached hydrogens (tertiary/aromatic N) is 5. The summed E-state index contributed by atoms with van der Waals surface area (Å²) in [5, 5.41) is 14.2. The van der Waals surface area contributed by atoms with Crippen LogP contribution in [0.1, 0.15) is 21.9 Å². The second-order valence-corrected chi connectivity index (χ2v) is 9.37. The molecule has 0 aliphatic heterocycles. The minimum Gasteiger partial charge on any atom is -0.324 e. The van der Waals surface area contributed by atoms with Crippen molar-refractivity contribution < 1.29 is 4.79 Å². The summed E-state index contributed by atoms with van der Waals surface area (Å²) in [6.07, 6.45) is 0. The quantitative estimate of drug-likeness (QED) is 0.360. The van der Waals surface area contributed by atoms with Crippen LogP contribution in [0.3, 0.4) is 0 Å². The van der Waals surface area contributed by atoms with Gasteiger partial charge in [-0.15, -0.1) is 11.3 Å². The summed E-state index contributed by atoms with van der Waals surface area (Å²) < 4.78 is 4.29. The average Bonchev–Trinajstić information content (AvgIpc) is 3.46. The molecule has 0 aliphatic carbocycles. The molecule has 0 radical (unpaired) electrons. The van der Waals surface area contributed by atoms with Crippen molar-refractivity contribution in [3.8, 4) is 16.3 Å². The zero-order valence-electron chi connectivity index (χ0n) is 19.1. The molecule has 3 heterocycles. The highest BCUT2D eigenvalue weighted by molar-refractivity contribution is 7.21. The van der Waals surface area contributed by atoms with Crippen LogP contribution >= 0.6 is 11.3 Å². The number of fused-ring (bicyclic) bond motifs is 2. The number of ketones is 1. The standard InChI is InChI=1S/C27H20N6OS/c1-16-11-13-17(14-12-16)33-25(28)18(27-30-20-8-4-6-10-23(20)35-27)15-21(31-33)24(34)26-29-19-7-3-5-9-22(19)32(26)2/h3-15,28H,1-2H3. The first-order chi connectivity index (χ1) is 17.0. The third kappa shape index (κ3) is 3.55. The lowest BCUT2D eigenvalue weighted by atomic mass is 10.2. The lowest BCUT2D eigenvalue weighted by Gasteiger charge is -2.11. The molecule has 1 N–H and O–H groups in total. The Kier molecular flexibility index (Phi) is 4.89. The summed E-state index contributed by atoms with van der Waals surface area (Å²) in [5.74, 6) is -0.0194. The Bertz CT molecular complexity index is 1780. The summed E-state index contributed by atoms with van der Waals surface area (Å²) in [6.45, 7) is 2.00. The SMILES string of the molecule is Cc1ccc(-n2nc(C(=O)c3nc4ccccc4n3C)cc(-c3nc4ccccc4s3)c2=N)cc1. The third-order valence-electron chi connectivity index (χ3n) is 5.98. The highest BCUT2D eigenvalue weighted by Crippen LogP contribution is 2.29. The molecule has 0 fully saturated rings. The number of para-hydroxylation sites is 3. The van der Waals surface area contributed by atoms with Crippen molar-refractivity contribution in [3.05, 3.63) is 101 Å². The van der Waals surface area contributed by atoms with Crippen molar-refractivity contribution in [3.63, 3.8) is 0 Å². The van der Waals surface area contributed by atoms with Crippen LogP contribution in [0.2, 0.25) is 0 Å². The van der Waals surface area contributed by atoms with E-state index >= 15 is 0 Å². The predicted octanol–water partition coefficient (Wildman–Crippen LogP) is 5.05. The van der Waals surface area contributed by atoms with Crippen LogP contribution in [0, 0.1) is 12.3 Å². The van der Waals surface area contributed by atoms with E-state index in [9.17, 15) is 4.79 Å². The van der Waals surface area contributed by atoms with Gasteiger partial charge in [0.2, 0.25) is 5.78 Å². The Morgan fingerprint density at radius 2 is 1.63 bits per heavy atom. The van der Waals surface area contributed by atoms with Gasteiger partial charge in [0.1, 0.15) is 10.7 Å². The van der Waals surface area contributed by atoms with Crippen LogP contribution in [-0.2, 0) is 7.05 Å². The number of aromatic nitrogens is 5. The number of hydrogen-bond acceptors (Lipinski definition) is 6. The van der Waals surface area contributed by atoms with Gasteiger partial charge in [0.15, 0.2) is 11.3 Å². The molecule has 170 valence electrons. The molecule has 35 heavy (non-hydrogen) atoms. The smallest absolute Gasteiger partial charge is 0.248 e. The van der Waals surface area contributed by atoms with E-state index in [0.29, 0.717) is 22.1 Å². The maximum atomic E-state index is 13.7. The number of benzene rings is 3. The molecule has 3 aromatic heterocycles. The first kappa shape index (κ1) is 21.1. The fraction of sp³-hybridized carbons (Fsp3) is 0.0741. The number of thiazole rings is 1. The monoisotopic (exact) mass is 476 g/mol. The van der Waals surface area contributed by atoms with Gasteiger partial charge in [0.05, 0.1) is 32.5 Å². The fourth-order valence-electron chi connectivity index (χ4n) is 4.10. The molecule has 3 aromatic carbocycles. The summed E-state index contributed by atoms with van der Waals surface area (Å²) in [7, 11) is 1.82. The molecular weight excluding hydrogens is 456 g/mol. The summed E-state index contributed by atoms with van der Waals surface area (Å²) in [4.78, 5) is 23.0. The van der Waals surface area contributed by atoms with Gasteiger partial charge in [-0.3, -0.25) is 10.2 Å². The van der Waals surface area contributed by atoms with Gasteiger partial charge in [-0.05, 0) is 49.4 Å². The molecule has 0 bridgehead atoms. The molecule has 0 saturated heterocycles. The second-order valence-electron chi connectivity index (χ2n) is 8.34. The van der Waals surface area contributed by atoms with Gasteiger partial charge in [-0.25, -0.2) is 14.6 Å². The normalized spacial score (nSPS) is 11.4. The molecule has 0 aliphatic rings. The molecule has 0 unspecified atom stereocenters. The molecule has 0 amide bonds. The highest BCUT2D eigenvalue weighted by atomic mass is 32.1. The van der Waals surface area contributed by atoms with E-state index in [1.54, 1.807) is 10.6 Å². The Morgan fingerprint density at radius 1 is 0.914 bits per heavy atom. The van der Waals surface area contributed by atoms with Crippen molar-refractivity contribution in [2.24, 2.45) is 7.05 Å². The van der Waals surface area contributed by atoms with Gasteiger partial charge in [-0.2, -0.15) is 5.10 Å². The first-order valence-corrected chi connectivity index (χ1v) is 11.9. The minimum absolute atomic E-state index is 0.162. The van der Waals surface area contributed by atoms with Crippen LogP contribution < -0.4 is 5.49 Å². The summed E-state index contributed by atoms with van der Waals surface area (Å²) >= 11 is 1.49. The number of imidazole rings is 1. The maximum Gasteiger partial charge on any atom is 0.248 e. The van der Waals surface area contributed by atoms with E-state index in [-0.39, 0.29) is 17.0 Å². The Balaban J connectivity index is 1.58. The zero-order chi connectivity index (χ0) is 24.1. The van der Waals surface area contributed by atoms with Gasteiger partial charge in [0, 0.05) is 7.05 Å². The molecule has 6 aromatic rings. The van der Waals surface area contributed by atoms with Crippen molar-refractivity contribution in [1.82, 2.24) is 24.3 Å². The molecule has 0 spiro atoms. The molecule has 0 saturated carbocycles. The van der Waals surface area contributed by atoms with E-state index in [2.05, 4.69) is 10.1 Å². The molecule has 0 atom stereocenters. The summed E-state index contributed by atoms with van der Waals surface area (Å²) in [5.41, 5.74) is 5.17. The van der Waals surface area contributed by atoms with Crippen LogP contribution in [0.25, 0.3) is 37.5 Å². The number of rotatable bonds is 4. The van der Waals surface area contributed by atoms with Crippen LogP contribution in [0.15, 0.2) is 78.9 Å². The largest absolute Gasteiger partial charge is 0.324 e. The summed E-state index contributed by atoms with van der Waals surface area (Å²) in [6, 6.07) is 24.8. The second kappa shape index (κ2) is 8.11. The highest BCUT2D eigenvalue weighted by Gasteiger charge is 2.22. The Labute approximate surface area is 204 Å². The zero-order valence-corrected chi connectivity index (χ0v) is 19.9. The molecule has 7 nitrogen and oxygen atoms in total. The lowest BCUT2D eigenvalue weighted by molar-refractivity contribution is 0.102. The minimum atomic E-state index is -0.313. The van der Waals surface area contributed by atoms with Crippen LogP contribution in [0.5, 0.6) is 0 Å². The van der Waals surface area contributed by atoms with E-state index in [4.69, 9.17) is 10.4 Å².